The summed E-state index contributed by atoms with van der Waals surface area (Å²) in [6, 6.07) is 19.2. The maximum absolute atomic E-state index is 12.1. The van der Waals surface area contributed by atoms with Gasteiger partial charge in [0.05, 0.1) is 16.8 Å². The topological polar surface area (TPSA) is 54.4 Å². The van der Waals surface area contributed by atoms with E-state index in [1.165, 1.54) is 6.20 Å². The lowest BCUT2D eigenvalue weighted by Gasteiger charge is -2.10. The van der Waals surface area contributed by atoms with Crippen molar-refractivity contribution in [3.05, 3.63) is 89.2 Å². The van der Waals surface area contributed by atoms with E-state index in [4.69, 9.17) is 11.6 Å². The van der Waals surface area contributed by atoms with Crippen molar-refractivity contribution in [2.45, 2.75) is 0 Å². The zero-order chi connectivity index (χ0) is 17.9. The first-order chi connectivity index (χ1) is 12.8. The predicted molar refractivity (Wildman–Crippen MR) is 106 cm³/mol. The lowest BCUT2D eigenvalue weighted by molar-refractivity contribution is 0.0955. The van der Waals surface area contributed by atoms with Gasteiger partial charge in [0.1, 0.15) is 0 Å². The molecule has 0 saturated heterocycles. The Balaban J connectivity index is 1.78. The number of nitrogens with one attached hydrogen (secondary N) is 1. The van der Waals surface area contributed by atoms with Crippen molar-refractivity contribution in [3.63, 3.8) is 0 Å². The molecule has 4 nitrogen and oxygen atoms in total. The molecule has 5 heteroatoms. The Kier molecular flexibility index (Phi) is 4.33. The van der Waals surface area contributed by atoms with Gasteiger partial charge in [-0.15, -0.1) is 0 Å². The van der Waals surface area contributed by atoms with Gasteiger partial charge < -0.3 is 0 Å². The largest absolute Gasteiger partial charge is 0.272 e. The Morgan fingerprint density at radius 2 is 1.54 bits per heavy atom. The van der Waals surface area contributed by atoms with Crippen molar-refractivity contribution in [3.8, 4) is 0 Å². The van der Waals surface area contributed by atoms with E-state index >= 15 is 0 Å². The molecule has 0 unspecified atom stereocenters. The molecule has 0 saturated carbocycles. The number of aromatic nitrogens is 1. The van der Waals surface area contributed by atoms with E-state index in [9.17, 15) is 4.79 Å². The summed E-state index contributed by atoms with van der Waals surface area (Å²) in [5.41, 5.74) is 3.91. The number of hydrogen-bond acceptors (Lipinski definition) is 3. The molecule has 4 aromatic rings. The number of carbonyl (C=O) groups excluding carboxylic acids is 1. The molecule has 26 heavy (non-hydrogen) atoms. The van der Waals surface area contributed by atoms with Gasteiger partial charge in [0.15, 0.2) is 0 Å². The van der Waals surface area contributed by atoms with Gasteiger partial charge in [0, 0.05) is 28.7 Å². The van der Waals surface area contributed by atoms with Crippen LogP contribution in [-0.4, -0.2) is 17.1 Å². The molecule has 1 N–H and O–H groups in total. The SMILES string of the molecule is O=C(NN=Cc1c2ccccc2c(Cl)c2ccccc12)c1cccnc1. The summed E-state index contributed by atoms with van der Waals surface area (Å²) in [4.78, 5) is 16.1. The molecule has 0 aliphatic carbocycles. The van der Waals surface area contributed by atoms with Crippen LogP contribution < -0.4 is 5.43 Å². The number of hydrazone groups is 1. The van der Waals surface area contributed by atoms with E-state index in [1.54, 1.807) is 24.5 Å². The number of hydrogen-bond donors (Lipinski definition) is 1. The Hall–Kier alpha value is -3.24. The minimum Gasteiger partial charge on any atom is -0.267 e. The van der Waals surface area contributed by atoms with Gasteiger partial charge in [-0.25, -0.2) is 5.43 Å². The van der Waals surface area contributed by atoms with Crippen LogP contribution in [0, 0.1) is 0 Å². The first-order valence-corrected chi connectivity index (χ1v) is 8.46. The van der Waals surface area contributed by atoms with Crippen LogP contribution in [0.4, 0.5) is 0 Å². The van der Waals surface area contributed by atoms with Crippen LogP contribution in [0.2, 0.25) is 5.02 Å². The van der Waals surface area contributed by atoms with Crippen molar-refractivity contribution in [2.75, 3.05) is 0 Å². The van der Waals surface area contributed by atoms with Gasteiger partial charge in [0.25, 0.3) is 5.91 Å². The monoisotopic (exact) mass is 359 g/mol. The van der Waals surface area contributed by atoms with E-state index in [0.717, 1.165) is 27.1 Å². The second kappa shape index (κ2) is 6.94. The lowest BCUT2D eigenvalue weighted by Crippen LogP contribution is -2.17. The molecule has 1 amide bonds. The maximum atomic E-state index is 12.1. The second-order valence-corrected chi connectivity index (χ2v) is 6.14. The van der Waals surface area contributed by atoms with E-state index in [-0.39, 0.29) is 5.91 Å². The fraction of sp³-hybridized carbons (Fsp3) is 0. The zero-order valence-electron chi connectivity index (χ0n) is 13.7. The molecule has 0 fully saturated rings. The quantitative estimate of drug-likeness (QED) is 0.324. The van der Waals surface area contributed by atoms with Crippen LogP contribution in [-0.2, 0) is 0 Å². The first kappa shape index (κ1) is 16.2. The summed E-state index contributed by atoms with van der Waals surface area (Å²) in [6.07, 6.45) is 4.78. The van der Waals surface area contributed by atoms with E-state index in [1.807, 2.05) is 48.5 Å². The molecule has 0 radical (unpaired) electrons. The van der Waals surface area contributed by atoms with Gasteiger partial charge in [-0.1, -0.05) is 60.1 Å². The van der Waals surface area contributed by atoms with E-state index in [2.05, 4.69) is 15.5 Å². The summed E-state index contributed by atoms with van der Waals surface area (Å²) in [5.74, 6) is -0.308. The third kappa shape index (κ3) is 2.91. The number of nitrogens with zero attached hydrogens (tertiary/aromatic N) is 2. The highest BCUT2D eigenvalue weighted by Crippen LogP contribution is 2.35. The first-order valence-electron chi connectivity index (χ1n) is 8.08. The minimum absolute atomic E-state index is 0.308. The number of rotatable bonds is 3. The molecule has 0 bridgehead atoms. The van der Waals surface area contributed by atoms with Crippen LogP contribution in [0.5, 0.6) is 0 Å². The molecule has 0 spiro atoms. The van der Waals surface area contributed by atoms with Crippen LogP contribution in [0.25, 0.3) is 21.5 Å². The Morgan fingerprint density at radius 3 is 2.12 bits per heavy atom. The Morgan fingerprint density at radius 1 is 0.923 bits per heavy atom. The van der Waals surface area contributed by atoms with Crippen molar-refractivity contribution in [1.82, 2.24) is 10.4 Å². The fourth-order valence-electron chi connectivity index (χ4n) is 2.97. The number of carbonyl (C=O) groups is 1. The number of pyridine rings is 1. The molecule has 3 aromatic carbocycles. The Bertz CT molecular complexity index is 1080. The van der Waals surface area contributed by atoms with Crippen molar-refractivity contribution in [1.29, 1.82) is 0 Å². The minimum atomic E-state index is -0.308. The highest BCUT2D eigenvalue weighted by atomic mass is 35.5. The molecule has 0 aliphatic heterocycles. The number of halogens is 1. The van der Waals surface area contributed by atoms with E-state index < -0.39 is 0 Å². The molecule has 1 aromatic heterocycles. The van der Waals surface area contributed by atoms with Gasteiger partial charge in [-0.05, 0) is 22.9 Å². The average Bonchev–Trinajstić information content (AvgIpc) is 2.71. The summed E-state index contributed by atoms with van der Waals surface area (Å²) in [5, 5.41) is 8.74. The van der Waals surface area contributed by atoms with Crippen LogP contribution in [0.15, 0.2) is 78.2 Å². The van der Waals surface area contributed by atoms with Gasteiger partial charge in [-0.2, -0.15) is 5.10 Å². The highest BCUT2D eigenvalue weighted by Gasteiger charge is 2.11. The average molecular weight is 360 g/mol. The summed E-state index contributed by atoms with van der Waals surface area (Å²) in [6.45, 7) is 0. The smallest absolute Gasteiger partial charge is 0.267 e. The summed E-state index contributed by atoms with van der Waals surface area (Å²) >= 11 is 6.59. The zero-order valence-corrected chi connectivity index (χ0v) is 14.4. The van der Waals surface area contributed by atoms with Gasteiger partial charge in [-0.3, -0.25) is 9.78 Å². The Labute approximate surface area is 155 Å². The molecule has 4 rings (SSSR count). The molecule has 0 aliphatic rings. The molecule has 126 valence electrons. The highest BCUT2D eigenvalue weighted by molar-refractivity contribution is 6.42. The number of amides is 1. The van der Waals surface area contributed by atoms with Gasteiger partial charge in [0.2, 0.25) is 0 Å². The third-order valence-corrected chi connectivity index (χ3v) is 4.60. The molecular weight excluding hydrogens is 346 g/mol. The second-order valence-electron chi connectivity index (χ2n) is 5.76. The fourth-order valence-corrected chi connectivity index (χ4v) is 3.29. The predicted octanol–water partition coefficient (Wildman–Crippen LogP) is 4.81. The van der Waals surface area contributed by atoms with Crippen LogP contribution >= 0.6 is 11.6 Å². The standard InChI is InChI=1S/C21H14ClN3O/c22-20-17-9-3-1-7-15(17)19(16-8-2-4-10-18(16)20)13-24-25-21(26)14-6-5-11-23-12-14/h1-13H,(H,25,26). The number of benzene rings is 3. The van der Waals surface area contributed by atoms with Crippen molar-refractivity contribution in [2.24, 2.45) is 5.10 Å². The molecule has 1 heterocycles. The molecule has 0 atom stereocenters. The maximum Gasteiger partial charge on any atom is 0.272 e. The summed E-state index contributed by atoms with van der Waals surface area (Å²) in [7, 11) is 0. The molecular formula is C21H14ClN3O. The normalized spacial score (nSPS) is 11.3. The van der Waals surface area contributed by atoms with E-state index in [0.29, 0.717) is 10.6 Å². The van der Waals surface area contributed by atoms with Gasteiger partial charge >= 0.3 is 0 Å². The van der Waals surface area contributed by atoms with Crippen molar-refractivity contribution < 1.29 is 4.79 Å². The van der Waals surface area contributed by atoms with Crippen LogP contribution in [0.1, 0.15) is 15.9 Å². The third-order valence-electron chi connectivity index (χ3n) is 4.19. The summed E-state index contributed by atoms with van der Waals surface area (Å²) < 4.78 is 0. The van der Waals surface area contributed by atoms with Crippen LogP contribution in [0.3, 0.4) is 0 Å². The van der Waals surface area contributed by atoms with Crippen molar-refractivity contribution >= 4 is 45.3 Å². The lowest BCUT2D eigenvalue weighted by atomic mass is 9.97. The number of fused-ring (bicyclic) bond motifs is 2.